The molecule has 0 spiro atoms. The third-order valence-corrected chi connectivity index (χ3v) is 4.68. The van der Waals surface area contributed by atoms with Crippen molar-refractivity contribution >= 4 is 29.2 Å². The number of hydrogen-bond donors (Lipinski definition) is 2. The summed E-state index contributed by atoms with van der Waals surface area (Å²) in [6.07, 6.45) is 7.68. The Labute approximate surface area is 122 Å². The highest BCUT2D eigenvalue weighted by atomic mass is 32.2. The molecule has 2 rings (SSSR count). The first kappa shape index (κ1) is 14.8. The van der Waals surface area contributed by atoms with Gasteiger partial charge in [0.05, 0.1) is 4.92 Å². The van der Waals surface area contributed by atoms with Crippen molar-refractivity contribution < 1.29 is 4.92 Å². The number of rotatable bonds is 5. The zero-order chi connectivity index (χ0) is 14.5. The minimum Gasteiger partial charge on any atom is -0.361 e. The highest BCUT2D eigenvalue weighted by Crippen LogP contribution is 2.30. The van der Waals surface area contributed by atoms with E-state index >= 15 is 0 Å². The Bertz CT molecular complexity index is 477. The lowest BCUT2D eigenvalue weighted by molar-refractivity contribution is -0.384. The monoisotopic (exact) mass is 297 g/mol. The van der Waals surface area contributed by atoms with E-state index in [0.29, 0.717) is 17.0 Å². The van der Waals surface area contributed by atoms with Gasteiger partial charge in [0.15, 0.2) is 0 Å². The van der Waals surface area contributed by atoms with Crippen molar-refractivity contribution in [2.45, 2.75) is 37.0 Å². The van der Waals surface area contributed by atoms with Crippen LogP contribution in [-0.2, 0) is 0 Å². The fourth-order valence-electron chi connectivity index (χ4n) is 2.37. The normalized spacial score (nSPS) is 22.3. The molecule has 1 aromatic rings. The van der Waals surface area contributed by atoms with Crippen LogP contribution in [0.1, 0.15) is 25.7 Å². The molecule has 8 heteroatoms. The van der Waals surface area contributed by atoms with Gasteiger partial charge in [0.2, 0.25) is 11.8 Å². The molecular weight excluding hydrogens is 278 g/mol. The largest absolute Gasteiger partial charge is 0.361 e. The molecule has 0 radical (unpaired) electrons. The third-order valence-electron chi connectivity index (χ3n) is 3.54. The maximum absolute atomic E-state index is 11.0. The average molecular weight is 297 g/mol. The molecule has 2 N–H and O–H groups in total. The molecule has 0 saturated heterocycles. The van der Waals surface area contributed by atoms with Gasteiger partial charge in [-0.05, 0) is 31.9 Å². The zero-order valence-corrected chi connectivity index (χ0v) is 12.4. The van der Waals surface area contributed by atoms with Crippen LogP contribution in [0.15, 0.2) is 6.20 Å². The Kier molecular flexibility index (Phi) is 4.99. The molecule has 1 aromatic heterocycles. The van der Waals surface area contributed by atoms with Gasteiger partial charge in [-0.25, -0.2) is 4.98 Å². The van der Waals surface area contributed by atoms with Crippen LogP contribution in [0.5, 0.6) is 0 Å². The van der Waals surface area contributed by atoms with E-state index in [0.717, 1.165) is 25.7 Å². The van der Waals surface area contributed by atoms with Crippen LogP contribution < -0.4 is 10.6 Å². The second-order valence-electron chi connectivity index (χ2n) is 4.79. The van der Waals surface area contributed by atoms with Gasteiger partial charge in [-0.15, -0.1) is 0 Å². The lowest BCUT2D eigenvalue weighted by Crippen LogP contribution is -2.28. The fourth-order valence-corrected chi connectivity index (χ4v) is 3.12. The van der Waals surface area contributed by atoms with E-state index in [9.17, 15) is 10.1 Å². The predicted molar refractivity (Wildman–Crippen MR) is 81.4 cm³/mol. The average Bonchev–Trinajstić information content (AvgIpc) is 2.47. The first-order chi connectivity index (χ1) is 9.63. The van der Waals surface area contributed by atoms with Gasteiger partial charge < -0.3 is 10.6 Å². The van der Waals surface area contributed by atoms with Crippen molar-refractivity contribution in [2.75, 3.05) is 23.9 Å². The van der Waals surface area contributed by atoms with E-state index in [2.05, 4.69) is 26.9 Å². The van der Waals surface area contributed by atoms with Crippen LogP contribution in [0.3, 0.4) is 0 Å². The summed E-state index contributed by atoms with van der Waals surface area (Å²) < 4.78 is 0. The van der Waals surface area contributed by atoms with Crippen molar-refractivity contribution in [3.8, 4) is 0 Å². The zero-order valence-electron chi connectivity index (χ0n) is 11.6. The van der Waals surface area contributed by atoms with E-state index in [4.69, 9.17) is 0 Å². The summed E-state index contributed by atoms with van der Waals surface area (Å²) in [6, 6.07) is 0.247. The van der Waals surface area contributed by atoms with E-state index < -0.39 is 4.92 Å². The fraction of sp³-hybridized carbons (Fsp3) is 0.667. The van der Waals surface area contributed by atoms with E-state index in [1.165, 1.54) is 6.20 Å². The van der Waals surface area contributed by atoms with E-state index in [1.807, 2.05) is 11.8 Å². The Morgan fingerprint density at radius 3 is 2.65 bits per heavy atom. The molecule has 1 aliphatic rings. The number of anilines is 2. The second kappa shape index (κ2) is 6.74. The topological polar surface area (TPSA) is 93.0 Å². The minimum absolute atomic E-state index is 0.0732. The summed E-state index contributed by atoms with van der Waals surface area (Å²) in [5.41, 5.74) is -0.0732. The van der Waals surface area contributed by atoms with Gasteiger partial charge in [-0.2, -0.15) is 16.7 Å². The quantitative estimate of drug-likeness (QED) is 0.637. The molecule has 0 amide bonds. The van der Waals surface area contributed by atoms with Gasteiger partial charge in [0, 0.05) is 18.3 Å². The van der Waals surface area contributed by atoms with Crippen LogP contribution in [-0.4, -0.2) is 39.5 Å². The third kappa shape index (κ3) is 3.50. The lowest BCUT2D eigenvalue weighted by Gasteiger charge is -2.28. The summed E-state index contributed by atoms with van der Waals surface area (Å²) in [7, 11) is 1.69. The molecule has 0 aliphatic heterocycles. The van der Waals surface area contributed by atoms with E-state index in [1.54, 1.807) is 7.05 Å². The number of thioether (sulfide) groups is 1. The van der Waals surface area contributed by atoms with Gasteiger partial charge >= 0.3 is 5.69 Å². The highest BCUT2D eigenvalue weighted by Gasteiger charge is 2.24. The number of nitrogens with zero attached hydrogens (tertiary/aromatic N) is 3. The van der Waals surface area contributed by atoms with Crippen molar-refractivity contribution in [1.29, 1.82) is 0 Å². The van der Waals surface area contributed by atoms with Crippen LogP contribution in [0.4, 0.5) is 17.5 Å². The minimum atomic E-state index is -0.449. The maximum atomic E-state index is 11.0. The number of hydrogen-bond acceptors (Lipinski definition) is 7. The number of aromatic nitrogens is 2. The molecule has 110 valence electrons. The Hall–Kier alpha value is -1.57. The first-order valence-corrected chi connectivity index (χ1v) is 7.91. The Balaban J connectivity index is 2.09. The smallest absolute Gasteiger partial charge is 0.329 e. The molecular formula is C12H19N5O2S. The Morgan fingerprint density at radius 1 is 1.40 bits per heavy atom. The van der Waals surface area contributed by atoms with Crippen LogP contribution in [0.25, 0.3) is 0 Å². The summed E-state index contributed by atoms with van der Waals surface area (Å²) in [4.78, 5) is 18.6. The molecule has 0 atom stereocenters. The predicted octanol–water partition coefficient (Wildman–Crippen LogP) is 2.51. The summed E-state index contributed by atoms with van der Waals surface area (Å²) in [5, 5.41) is 17.7. The molecule has 1 heterocycles. The van der Waals surface area contributed by atoms with Crippen LogP contribution in [0.2, 0.25) is 0 Å². The molecule has 1 fully saturated rings. The molecule has 7 nitrogen and oxygen atoms in total. The highest BCUT2D eigenvalue weighted by molar-refractivity contribution is 7.99. The second-order valence-corrected chi connectivity index (χ2v) is 5.93. The van der Waals surface area contributed by atoms with Crippen molar-refractivity contribution in [2.24, 2.45) is 0 Å². The van der Waals surface area contributed by atoms with E-state index in [-0.39, 0.29) is 11.7 Å². The number of nitrogens with one attached hydrogen (secondary N) is 2. The lowest BCUT2D eigenvalue weighted by atomic mass is 9.95. The van der Waals surface area contributed by atoms with Crippen molar-refractivity contribution in [3.05, 3.63) is 16.3 Å². The molecule has 0 bridgehead atoms. The molecule has 1 aliphatic carbocycles. The molecule has 1 saturated carbocycles. The summed E-state index contributed by atoms with van der Waals surface area (Å²) in [5.74, 6) is 0.692. The SMILES string of the molecule is CNc1ncc([N+](=O)[O-])c(NC2CCC(SC)CC2)n1. The standard InChI is InChI=1S/C12H19N5O2S/c1-13-12-14-7-10(17(18)19)11(16-12)15-8-3-5-9(20-2)6-4-8/h7-9H,3-6H2,1-2H3,(H2,13,14,15,16). The van der Waals surface area contributed by atoms with Gasteiger partial charge in [0.1, 0.15) is 6.20 Å². The molecule has 20 heavy (non-hydrogen) atoms. The molecule has 0 aromatic carbocycles. The number of nitro groups is 1. The van der Waals surface area contributed by atoms with Gasteiger partial charge in [-0.1, -0.05) is 0 Å². The van der Waals surface area contributed by atoms with Crippen LogP contribution >= 0.6 is 11.8 Å². The summed E-state index contributed by atoms with van der Waals surface area (Å²) >= 11 is 1.90. The molecule has 0 unspecified atom stereocenters. The van der Waals surface area contributed by atoms with Crippen LogP contribution in [0, 0.1) is 10.1 Å². The van der Waals surface area contributed by atoms with Gasteiger partial charge in [0.25, 0.3) is 0 Å². The first-order valence-electron chi connectivity index (χ1n) is 6.62. The maximum Gasteiger partial charge on any atom is 0.329 e. The summed E-state index contributed by atoms with van der Waals surface area (Å²) in [6.45, 7) is 0. The van der Waals surface area contributed by atoms with Crippen molar-refractivity contribution in [3.63, 3.8) is 0 Å². The Morgan fingerprint density at radius 2 is 2.10 bits per heavy atom. The van der Waals surface area contributed by atoms with Crippen molar-refractivity contribution in [1.82, 2.24) is 9.97 Å². The van der Waals surface area contributed by atoms with Gasteiger partial charge in [-0.3, -0.25) is 10.1 Å².